The second-order valence-corrected chi connectivity index (χ2v) is 4.91. The van der Waals surface area contributed by atoms with E-state index in [0.29, 0.717) is 18.7 Å². The number of nitro benzene ring substituents is 1. The van der Waals surface area contributed by atoms with Crippen LogP contribution in [0.15, 0.2) is 24.3 Å². The largest absolute Gasteiger partial charge is 0.494 e. The van der Waals surface area contributed by atoms with Gasteiger partial charge in [0.05, 0.1) is 11.5 Å². The molecule has 2 N–H and O–H groups in total. The number of carboxylic acids is 1. The predicted octanol–water partition coefficient (Wildman–Crippen LogP) is 2.21. The van der Waals surface area contributed by atoms with Gasteiger partial charge in [0, 0.05) is 18.6 Å². The van der Waals surface area contributed by atoms with Crippen LogP contribution in [0, 0.1) is 10.1 Å². The van der Waals surface area contributed by atoms with Gasteiger partial charge >= 0.3 is 5.97 Å². The van der Waals surface area contributed by atoms with Gasteiger partial charge in [0.15, 0.2) is 0 Å². The van der Waals surface area contributed by atoms with E-state index in [1.165, 1.54) is 24.3 Å². The van der Waals surface area contributed by atoms with Crippen LogP contribution in [-0.4, -0.2) is 34.7 Å². The van der Waals surface area contributed by atoms with Crippen LogP contribution >= 0.6 is 0 Å². The van der Waals surface area contributed by atoms with Gasteiger partial charge in [-0.3, -0.25) is 14.9 Å². The number of nitrogens with one attached hydrogen (secondary N) is 1. The average Bonchev–Trinajstić information content (AvgIpc) is 2.45. The number of nitro groups is 1. The minimum atomic E-state index is -1.04. The number of carboxylic acid groups (broad SMARTS) is 1. The molecule has 0 fully saturated rings. The lowest BCUT2D eigenvalue weighted by Gasteiger charge is -2.26. The molecule has 1 rings (SSSR count). The van der Waals surface area contributed by atoms with E-state index >= 15 is 0 Å². The summed E-state index contributed by atoms with van der Waals surface area (Å²) in [6, 6.07) is 5.69. The second kappa shape index (κ2) is 7.58. The summed E-state index contributed by atoms with van der Waals surface area (Å²) in [4.78, 5) is 21.3. The highest BCUT2D eigenvalue weighted by Crippen LogP contribution is 2.18. The van der Waals surface area contributed by atoms with Crippen molar-refractivity contribution in [2.75, 3.05) is 13.2 Å². The normalized spacial score (nSPS) is 13.4. The summed E-state index contributed by atoms with van der Waals surface area (Å²) in [6.45, 7) is 4.39. The second-order valence-electron chi connectivity index (χ2n) is 4.91. The third kappa shape index (κ3) is 5.03. The van der Waals surface area contributed by atoms with Gasteiger partial charge in [0.1, 0.15) is 11.3 Å². The highest BCUT2D eigenvalue weighted by atomic mass is 16.6. The SMILES string of the molecule is CCCNC(C)(CCOc1ccc([N+](=O)[O-])cc1)C(=O)O. The molecule has 0 bridgehead atoms. The van der Waals surface area contributed by atoms with Crippen molar-refractivity contribution in [1.82, 2.24) is 5.32 Å². The van der Waals surface area contributed by atoms with Gasteiger partial charge in [-0.2, -0.15) is 0 Å². The molecule has 0 spiro atoms. The Bertz CT molecular complexity index is 489. The summed E-state index contributed by atoms with van der Waals surface area (Å²) in [6.07, 6.45) is 1.13. The summed E-state index contributed by atoms with van der Waals surface area (Å²) >= 11 is 0. The lowest BCUT2D eigenvalue weighted by atomic mass is 9.98. The molecule has 1 unspecified atom stereocenters. The number of nitrogens with zero attached hydrogens (tertiary/aromatic N) is 1. The highest BCUT2D eigenvalue weighted by Gasteiger charge is 2.31. The monoisotopic (exact) mass is 296 g/mol. The topological polar surface area (TPSA) is 102 Å². The maximum absolute atomic E-state index is 11.3. The molecular formula is C14H20N2O5. The summed E-state index contributed by atoms with van der Waals surface area (Å²) in [5.74, 6) is -0.452. The van der Waals surface area contributed by atoms with E-state index in [4.69, 9.17) is 4.74 Å². The third-order valence-electron chi connectivity index (χ3n) is 3.16. The maximum atomic E-state index is 11.3. The summed E-state index contributed by atoms with van der Waals surface area (Å²) in [5.41, 5.74) is -1.06. The van der Waals surface area contributed by atoms with Crippen LogP contribution in [0.5, 0.6) is 5.75 Å². The first-order valence-electron chi connectivity index (χ1n) is 6.74. The zero-order valence-electron chi connectivity index (χ0n) is 12.2. The number of rotatable bonds is 9. The van der Waals surface area contributed by atoms with Crippen molar-refractivity contribution in [3.63, 3.8) is 0 Å². The molecule has 116 valence electrons. The zero-order chi connectivity index (χ0) is 15.9. The molecule has 1 aromatic carbocycles. The van der Waals surface area contributed by atoms with Crippen molar-refractivity contribution in [2.24, 2.45) is 0 Å². The minimum absolute atomic E-state index is 0.0117. The van der Waals surface area contributed by atoms with E-state index in [-0.39, 0.29) is 12.3 Å². The van der Waals surface area contributed by atoms with Crippen LogP contribution in [0.4, 0.5) is 5.69 Å². The van der Waals surface area contributed by atoms with Crippen LogP contribution in [0.1, 0.15) is 26.7 Å². The molecule has 0 radical (unpaired) electrons. The quantitative estimate of drug-likeness (QED) is 0.535. The Morgan fingerprint density at radius 2 is 2.05 bits per heavy atom. The Morgan fingerprint density at radius 1 is 1.43 bits per heavy atom. The molecule has 0 heterocycles. The van der Waals surface area contributed by atoms with E-state index in [1.807, 2.05) is 6.92 Å². The lowest BCUT2D eigenvalue weighted by molar-refractivity contribution is -0.384. The molecule has 0 aliphatic rings. The predicted molar refractivity (Wildman–Crippen MR) is 77.5 cm³/mol. The number of hydrogen-bond donors (Lipinski definition) is 2. The fourth-order valence-electron chi connectivity index (χ4n) is 1.71. The molecule has 0 aliphatic carbocycles. The standard InChI is InChI=1S/C14H20N2O5/c1-3-9-15-14(2,13(17)18)8-10-21-12-6-4-11(5-7-12)16(19)20/h4-7,15H,3,8-10H2,1-2H3,(H,17,18). The van der Waals surface area contributed by atoms with Gasteiger partial charge < -0.3 is 15.2 Å². The van der Waals surface area contributed by atoms with E-state index in [1.54, 1.807) is 6.92 Å². The van der Waals surface area contributed by atoms with E-state index in [2.05, 4.69) is 5.32 Å². The number of hydrogen-bond acceptors (Lipinski definition) is 5. The van der Waals surface area contributed by atoms with Crippen molar-refractivity contribution in [3.8, 4) is 5.75 Å². The maximum Gasteiger partial charge on any atom is 0.323 e. The van der Waals surface area contributed by atoms with Crippen LogP contribution in [0.25, 0.3) is 0 Å². The summed E-state index contributed by atoms with van der Waals surface area (Å²) in [5, 5.41) is 22.8. The van der Waals surface area contributed by atoms with Gasteiger partial charge in [0.25, 0.3) is 5.69 Å². The molecule has 0 aliphatic heterocycles. The molecule has 7 heteroatoms. The van der Waals surface area contributed by atoms with Crippen molar-refractivity contribution in [1.29, 1.82) is 0 Å². The third-order valence-corrected chi connectivity index (χ3v) is 3.16. The Labute approximate surface area is 123 Å². The molecule has 0 saturated heterocycles. The number of ether oxygens (including phenoxy) is 1. The van der Waals surface area contributed by atoms with Gasteiger partial charge in [-0.05, 0) is 32.0 Å². The van der Waals surface area contributed by atoms with Crippen LogP contribution in [-0.2, 0) is 4.79 Å². The first-order chi connectivity index (χ1) is 9.89. The molecule has 1 atom stereocenters. The van der Waals surface area contributed by atoms with E-state index in [0.717, 1.165) is 6.42 Å². The summed E-state index contributed by atoms with van der Waals surface area (Å²) < 4.78 is 5.44. The zero-order valence-corrected chi connectivity index (χ0v) is 12.2. The van der Waals surface area contributed by atoms with Gasteiger partial charge in [-0.25, -0.2) is 0 Å². The van der Waals surface area contributed by atoms with Crippen molar-refractivity contribution in [2.45, 2.75) is 32.2 Å². The molecule has 7 nitrogen and oxygen atoms in total. The Kier molecular flexibility index (Phi) is 6.10. The van der Waals surface area contributed by atoms with Gasteiger partial charge in [-0.15, -0.1) is 0 Å². The Balaban J connectivity index is 2.53. The van der Waals surface area contributed by atoms with Gasteiger partial charge in [-0.1, -0.05) is 6.92 Å². The number of aliphatic carboxylic acids is 1. The highest BCUT2D eigenvalue weighted by molar-refractivity contribution is 5.78. The lowest BCUT2D eigenvalue weighted by Crippen LogP contribution is -2.50. The minimum Gasteiger partial charge on any atom is -0.494 e. The Morgan fingerprint density at radius 3 is 2.52 bits per heavy atom. The van der Waals surface area contributed by atoms with E-state index in [9.17, 15) is 20.0 Å². The number of benzene rings is 1. The smallest absolute Gasteiger partial charge is 0.323 e. The van der Waals surface area contributed by atoms with Crippen molar-refractivity contribution >= 4 is 11.7 Å². The first kappa shape index (κ1) is 16.9. The number of non-ortho nitro benzene ring substituents is 1. The van der Waals surface area contributed by atoms with Crippen LogP contribution in [0.2, 0.25) is 0 Å². The summed E-state index contributed by atoms with van der Waals surface area (Å²) in [7, 11) is 0. The fourth-order valence-corrected chi connectivity index (χ4v) is 1.71. The van der Waals surface area contributed by atoms with Gasteiger partial charge in [0.2, 0.25) is 0 Å². The fraction of sp³-hybridized carbons (Fsp3) is 0.500. The van der Waals surface area contributed by atoms with Crippen molar-refractivity contribution < 1.29 is 19.6 Å². The van der Waals surface area contributed by atoms with Crippen LogP contribution < -0.4 is 10.1 Å². The molecule has 0 saturated carbocycles. The first-order valence-corrected chi connectivity index (χ1v) is 6.74. The average molecular weight is 296 g/mol. The molecule has 0 aromatic heterocycles. The van der Waals surface area contributed by atoms with Crippen LogP contribution in [0.3, 0.4) is 0 Å². The molecule has 21 heavy (non-hydrogen) atoms. The molecular weight excluding hydrogens is 276 g/mol. The molecule has 0 amide bonds. The molecule has 1 aromatic rings. The van der Waals surface area contributed by atoms with E-state index < -0.39 is 16.4 Å². The number of carbonyl (C=O) groups is 1. The van der Waals surface area contributed by atoms with Crippen molar-refractivity contribution in [3.05, 3.63) is 34.4 Å². The Hall–Kier alpha value is -2.15.